The first-order chi connectivity index (χ1) is 31.6. The Bertz CT molecular complexity index is 1710. The van der Waals surface area contributed by atoms with Crippen LogP contribution in [-0.2, 0) is 32.2 Å². The third kappa shape index (κ3) is 21.2. The van der Waals surface area contributed by atoms with Crippen LogP contribution >= 0.6 is 0 Å². The minimum atomic E-state index is -0.783. The van der Waals surface area contributed by atoms with Gasteiger partial charge in [-0.15, -0.1) is 0 Å². The fraction of sp³-hybridized carbons (Fsp3) is 0.632. The molecule has 3 aromatic rings. The molecule has 0 spiro atoms. The molecule has 7 nitrogen and oxygen atoms in total. The Kier molecular flexibility index (Phi) is 28.1. The van der Waals surface area contributed by atoms with E-state index < -0.39 is 17.8 Å². The van der Waals surface area contributed by atoms with Gasteiger partial charge >= 0.3 is 11.9 Å². The first kappa shape index (κ1) is 52.5. The highest BCUT2D eigenvalue weighted by Gasteiger charge is 2.46. The van der Waals surface area contributed by atoms with Crippen LogP contribution in [0.1, 0.15) is 205 Å². The maximum Gasteiger partial charge on any atom is 0.336 e. The molecule has 0 fully saturated rings. The van der Waals surface area contributed by atoms with Gasteiger partial charge in [0, 0.05) is 30.2 Å². The molecule has 0 radical (unpaired) electrons. The Balaban J connectivity index is 1.39. The van der Waals surface area contributed by atoms with Crippen molar-refractivity contribution in [2.24, 2.45) is 10.9 Å². The van der Waals surface area contributed by atoms with Crippen molar-refractivity contribution in [3.05, 3.63) is 108 Å². The molecule has 1 aliphatic heterocycles. The van der Waals surface area contributed by atoms with E-state index in [0.29, 0.717) is 43.3 Å². The average Bonchev–Trinajstić information content (AvgIpc) is 3.32. The molecular weight excluding hydrogens is 791 g/mol. The summed E-state index contributed by atoms with van der Waals surface area (Å²) in [6.07, 6.45) is 43.5. The number of allylic oxidation sites excluding steroid dienone is 1. The molecular formula is C57H87N3O4+2. The summed E-state index contributed by atoms with van der Waals surface area (Å²) in [5.41, 5.74) is 2.64. The number of unbranched alkanes of at least 4 members (excludes halogenated alkanes) is 26. The zero-order valence-corrected chi connectivity index (χ0v) is 40.4. The van der Waals surface area contributed by atoms with Gasteiger partial charge in [0.25, 0.3) is 0 Å². The number of hydrogen-bond acceptors (Lipinski definition) is 5. The number of benzene rings is 1. The normalized spacial score (nSPS) is 15.0. The summed E-state index contributed by atoms with van der Waals surface area (Å²) < 4.78 is 16.4. The van der Waals surface area contributed by atoms with Gasteiger partial charge in [0.2, 0.25) is 0 Å². The SMILES string of the molecule is CCCCCCCCCCCCCCCCOC(=O)C1=C(C[n+]2ccccc2)N=C(C[n+]2ccccc2)C(C(=O)OCCCCCCCCCCCCCCCC)C1c1ccccc1. The molecule has 1 aromatic carbocycles. The van der Waals surface area contributed by atoms with E-state index in [4.69, 9.17) is 14.5 Å². The molecule has 1 aliphatic rings. The Morgan fingerprint density at radius 1 is 0.469 bits per heavy atom. The molecule has 0 N–H and O–H groups in total. The monoisotopic (exact) mass is 878 g/mol. The Morgan fingerprint density at radius 2 is 0.844 bits per heavy atom. The van der Waals surface area contributed by atoms with Crippen molar-refractivity contribution < 1.29 is 28.2 Å². The third-order valence-electron chi connectivity index (χ3n) is 12.9. The number of pyridine rings is 2. The quantitative estimate of drug-likeness (QED) is 0.0329. The van der Waals surface area contributed by atoms with E-state index in [2.05, 4.69) is 13.8 Å². The predicted octanol–water partition coefficient (Wildman–Crippen LogP) is 14.1. The van der Waals surface area contributed by atoms with E-state index in [1.165, 1.54) is 141 Å². The van der Waals surface area contributed by atoms with Crippen LogP contribution in [0.4, 0.5) is 0 Å². The molecule has 64 heavy (non-hydrogen) atoms. The molecule has 0 aliphatic carbocycles. The van der Waals surface area contributed by atoms with Gasteiger partial charge in [-0.05, 0) is 18.4 Å². The van der Waals surface area contributed by atoms with Crippen LogP contribution in [0.5, 0.6) is 0 Å². The zero-order valence-electron chi connectivity index (χ0n) is 40.4. The molecule has 0 saturated carbocycles. The highest BCUT2D eigenvalue weighted by molar-refractivity contribution is 6.07. The molecule has 0 saturated heterocycles. The smallest absolute Gasteiger partial charge is 0.336 e. The van der Waals surface area contributed by atoms with Crippen molar-refractivity contribution in [2.75, 3.05) is 13.2 Å². The summed E-state index contributed by atoms with van der Waals surface area (Å²) in [6.45, 7) is 6.03. The number of rotatable bonds is 37. The van der Waals surface area contributed by atoms with Crippen molar-refractivity contribution in [2.45, 2.75) is 213 Å². The lowest BCUT2D eigenvalue weighted by Gasteiger charge is -2.32. The summed E-state index contributed by atoms with van der Waals surface area (Å²) in [5.74, 6) is -2.11. The number of aliphatic imine (C=N–C) groups is 1. The largest absolute Gasteiger partial charge is 0.465 e. The topological polar surface area (TPSA) is 72.7 Å². The number of nitrogens with zero attached hydrogens (tertiary/aromatic N) is 3. The van der Waals surface area contributed by atoms with E-state index in [9.17, 15) is 9.59 Å². The van der Waals surface area contributed by atoms with Gasteiger partial charge in [-0.25, -0.2) is 9.79 Å². The van der Waals surface area contributed by atoms with Crippen molar-refractivity contribution in [1.82, 2.24) is 0 Å². The number of hydrogen-bond donors (Lipinski definition) is 0. The first-order valence-electron chi connectivity index (χ1n) is 26.2. The van der Waals surface area contributed by atoms with Gasteiger partial charge in [-0.3, -0.25) is 4.79 Å². The average molecular weight is 878 g/mol. The molecule has 2 aromatic heterocycles. The summed E-state index contributed by atoms with van der Waals surface area (Å²) in [5, 5.41) is 0. The molecule has 0 bridgehead atoms. The van der Waals surface area contributed by atoms with Crippen LogP contribution < -0.4 is 9.13 Å². The summed E-state index contributed by atoms with van der Waals surface area (Å²) in [6, 6.07) is 21.9. The van der Waals surface area contributed by atoms with Gasteiger partial charge in [0.15, 0.2) is 37.9 Å². The number of esters is 2. The molecule has 2 unspecified atom stereocenters. The van der Waals surface area contributed by atoms with Crippen LogP contribution in [0.3, 0.4) is 0 Å². The third-order valence-corrected chi connectivity index (χ3v) is 12.9. The van der Waals surface area contributed by atoms with E-state index in [1.807, 2.05) is 101 Å². The van der Waals surface area contributed by atoms with Gasteiger partial charge in [-0.1, -0.05) is 223 Å². The second-order valence-electron chi connectivity index (χ2n) is 18.4. The Morgan fingerprint density at radius 3 is 1.28 bits per heavy atom. The fourth-order valence-corrected chi connectivity index (χ4v) is 9.17. The van der Waals surface area contributed by atoms with Crippen LogP contribution in [-0.4, -0.2) is 30.9 Å². The summed E-state index contributed by atoms with van der Waals surface area (Å²) in [7, 11) is 0. The fourth-order valence-electron chi connectivity index (χ4n) is 9.17. The Hall–Kier alpha value is -4.13. The standard InChI is InChI=1S/C57H87N3O4/c1-3-5-7-9-11-13-15-17-19-21-23-25-27-38-46-63-56(61)54-51(48-59-42-34-30-35-43-59)58-52(49-60-44-36-31-37-45-60)55(53(54)50-40-32-29-33-41-50)57(62)64-47-39-28-26-24-22-20-18-16-14-12-10-8-6-4-2/h29-37,40-45,53-54H,3-28,38-39,46-49H2,1-2H3/q+2. The summed E-state index contributed by atoms with van der Waals surface area (Å²) in [4.78, 5) is 34.4. The highest BCUT2D eigenvalue weighted by Crippen LogP contribution is 2.40. The van der Waals surface area contributed by atoms with Crippen LogP contribution in [0.25, 0.3) is 0 Å². The second kappa shape index (κ2) is 34.3. The predicted molar refractivity (Wildman–Crippen MR) is 263 cm³/mol. The lowest BCUT2D eigenvalue weighted by Crippen LogP contribution is -2.47. The van der Waals surface area contributed by atoms with E-state index in [1.54, 1.807) is 0 Å². The zero-order chi connectivity index (χ0) is 45.1. The van der Waals surface area contributed by atoms with Gasteiger partial charge in [0.1, 0.15) is 11.6 Å². The van der Waals surface area contributed by atoms with Crippen LogP contribution in [0.2, 0.25) is 0 Å². The van der Waals surface area contributed by atoms with E-state index >= 15 is 0 Å². The van der Waals surface area contributed by atoms with E-state index in [-0.39, 0.29) is 5.97 Å². The van der Waals surface area contributed by atoms with Crippen LogP contribution in [0.15, 0.2) is 108 Å². The number of aromatic nitrogens is 2. The van der Waals surface area contributed by atoms with Gasteiger partial charge in [-0.2, -0.15) is 9.13 Å². The summed E-state index contributed by atoms with van der Waals surface area (Å²) >= 11 is 0. The maximum atomic E-state index is 14.6. The minimum Gasteiger partial charge on any atom is -0.465 e. The van der Waals surface area contributed by atoms with E-state index in [0.717, 1.165) is 44.1 Å². The lowest BCUT2D eigenvalue weighted by molar-refractivity contribution is -0.689. The van der Waals surface area contributed by atoms with Crippen molar-refractivity contribution in [1.29, 1.82) is 0 Å². The molecule has 4 rings (SSSR count). The van der Waals surface area contributed by atoms with Gasteiger partial charge in [0.05, 0.1) is 24.5 Å². The molecule has 3 heterocycles. The molecule has 7 heteroatoms. The van der Waals surface area contributed by atoms with Gasteiger partial charge < -0.3 is 9.47 Å². The highest BCUT2D eigenvalue weighted by atomic mass is 16.5. The van der Waals surface area contributed by atoms with Crippen molar-refractivity contribution in [3.8, 4) is 0 Å². The number of ether oxygens (including phenoxy) is 2. The van der Waals surface area contributed by atoms with Crippen molar-refractivity contribution in [3.63, 3.8) is 0 Å². The molecule has 352 valence electrons. The number of carbonyl (C=O) groups excluding carboxylic acids is 2. The first-order valence-corrected chi connectivity index (χ1v) is 26.2. The minimum absolute atomic E-state index is 0.331. The maximum absolute atomic E-state index is 14.6. The molecule has 2 atom stereocenters. The van der Waals surface area contributed by atoms with Crippen molar-refractivity contribution >= 4 is 17.7 Å². The molecule has 0 amide bonds. The Labute approximate surface area is 389 Å². The second-order valence-corrected chi connectivity index (χ2v) is 18.4. The number of carbonyl (C=O) groups is 2. The lowest BCUT2D eigenvalue weighted by atomic mass is 9.75. The van der Waals surface area contributed by atoms with Crippen LogP contribution in [0, 0.1) is 5.92 Å².